The van der Waals surface area contributed by atoms with Crippen LogP contribution >= 0.6 is 0 Å². The summed E-state index contributed by atoms with van der Waals surface area (Å²) in [5.41, 5.74) is 1.11. The van der Waals surface area contributed by atoms with Crippen LogP contribution in [0.3, 0.4) is 0 Å². The van der Waals surface area contributed by atoms with E-state index in [2.05, 4.69) is 15.1 Å². The first-order chi connectivity index (χ1) is 10.7. The summed E-state index contributed by atoms with van der Waals surface area (Å²) in [4.78, 5) is 19.9. The minimum atomic E-state index is -0.830. The Bertz CT molecular complexity index is 772. The van der Waals surface area contributed by atoms with Crippen LogP contribution in [-0.2, 0) is 7.05 Å². The SMILES string of the molecule is CC.Cn1nc(N(F)C(=O)c2cccnc2)c2ncccc21. The van der Waals surface area contributed by atoms with E-state index in [-0.39, 0.29) is 16.5 Å². The Labute approximate surface area is 127 Å². The van der Waals surface area contributed by atoms with Gasteiger partial charge in [0.15, 0.2) is 0 Å². The molecule has 1 amide bonds. The second-order valence-corrected chi connectivity index (χ2v) is 4.15. The summed E-state index contributed by atoms with van der Waals surface area (Å²) in [5.74, 6) is -0.958. The number of nitrogens with zero attached hydrogens (tertiary/aromatic N) is 5. The van der Waals surface area contributed by atoms with Gasteiger partial charge in [-0.2, -0.15) is 0 Å². The van der Waals surface area contributed by atoms with Gasteiger partial charge in [-0.05, 0) is 24.3 Å². The molecule has 6 nitrogen and oxygen atoms in total. The molecule has 0 N–H and O–H groups in total. The largest absolute Gasteiger partial charge is 0.289 e. The van der Waals surface area contributed by atoms with Gasteiger partial charge in [0.25, 0.3) is 5.91 Å². The highest BCUT2D eigenvalue weighted by Crippen LogP contribution is 2.24. The van der Waals surface area contributed by atoms with E-state index in [0.29, 0.717) is 11.0 Å². The molecule has 0 atom stereocenters. The molecule has 0 radical (unpaired) electrons. The van der Waals surface area contributed by atoms with Gasteiger partial charge in [0.05, 0.1) is 11.1 Å². The second kappa shape index (κ2) is 6.75. The van der Waals surface area contributed by atoms with Crippen molar-refractivity contribution < 1.29 is 9.28 Å². The van der Waals surface area contributed by atoms with Crippen molar-refractivity contribution in [1.82, 2.24) is 19.7 Å². The average Bonchev–Trinajstić information content (AvgIpc) is 2.93. The van der Waals surface area contributed by atoms with Crippen molar-refractivity contribution in [2.24, 2.45) is 7.05 Å². The molecule has 22 heavy (non-hydrogen) atoms. The number of fused-ring (bicyclic) bond motifs is 1. The monoisotopic (exact) mass is 301 g/mol. The summed E-state index contributed by atoms with van der Waals surface area (Å²) in [6.45, 7) is 4.00. The summed E-state index contributed by atoms with van der Waals surface area (Å²) in [5, 5.41) is 3.99. The van der Waals surface area contributed by atoms with Gasteiger partial charge in [-0.15, -0.1) is 10.2 Å². The molecule has 0 aliphatic heterocycles. The number of pyridine rings is 2. The van der Waals surface area contributed by atoms with Gasteiger partial charge in [0, 0.05) is 25.6 Å². The maximum atomic E-state index is 14.3. The van der Waals surface area contributed by atoms with Crippen molar-refractivity contribution in [3.63, 3.8) is 0 Å². The maximum absolute atomic E-state index is 14.3. The number of anilines is 1. The minimum Gasteiger partial charge on any atom is -0.266 e. The topological polar surface area (TPSA) is 63.9 Å². The van der Waals surface area contributed by atoms with Gasteiger partial charge in [-0.1, -0.05) is 18.3 Å². The zero-order valence-corrected chi connectivity index (χ0v) is 12.6. The van der Waals surface area contributed by atoms with Gasteiger partial charge < -0.3 is 0 Å². The van der Waals surface area contributed by atoms with Crippen molar-refractivity contribution in [2.75, 3.05) is 5.12 Å². The molecule has 3 rings (SSSR count). The first kappa shape index (κ1) is 15.6. The zero-order chi connectivity index (χ0) is 16.1. The van der Waals surface area contributed by atoms with Gasteiger partial charge in [0.1, 0.15) is 5.52 Å². The van der Waals surface area contributed by atoms with E-state index < -0.39 is 5.91 Å². The van der Waals surface area contributed by atoms with E-state index in [1.807, 2.05) is 13.8 Å². The molecule has 0 saturated heterocycles. The lowest BCUT2D eigenvalue weighted by Gasteiger charge is -2.08. The number of carbonyl (C=O) groups excluding carboxylic acids is 1. The molecule has 0 unspecified atom stereocenters. The van der Waals surface area contributed by atoms with Crippen molar-refractivity contribution in [1.29, 1.82) is 0 Å². The van der Waals surface area contributed by atoms with Crippen molar-refractivity contribution in [3.8, 4) is 0 Å². The lowest BCUT2D eigenvalue weighted by molar-refractivity contribution is 0.0929. The van der Waals surface area contributed by atoms with Crippen LogP contribution in [0.2, 0.25) is 0 Å². The number of rotatable bonds is 2. The van der Waals surface area contributed by atoms with Gasteiger partial charge in [-0.25, -0.2) is 0 Å². The minimum absolute atomic E-state index is 0.00759. The molecule has 0 bridgehead atoms. The predicted octanol–water partition coefficient (Wildman–Crippen LogP) is 2.92. The van der Waals surface area contributed by atoms with E-state index >= 15 is 0 Å². The summed E-state index contributed by atoms with van der Waals surface area (Å²) < 4.78 is 15.8. The summed E-state index contributed by atoms with van der Waals surface area (Å²) in [6.07, 6.45) is 4.33. The fourth-order valence-electron chi connectivity index (χ4n) is 1.90. The maximum Gasteiger partial charge on any atom is 0.289 e. The van der Waals surface area contributed by atoms with Crippen LogP contribution < -0.4 is 5.12 Å². The van der Waals surface area contributed by atoms with Crippen LogP contribution in [0.4, 0.5) is 10.3 Å². The van der Waals surface area contributed by atoms with Crippen molar-refractivity contribution >= 4 is 22.8 Å². The van der Waals surface area contributed by atoms with E-state index in [9.17, 15) is 9.28 Å². The highest BCUT2D eigenvalue weighted by atomic mass is 19.2. The summed E-state index contributed by atoms with van der Waals surface area (Å²) >= 11 is 0. The second-order valence-electron chi connectivity index (χ2n) is 4.15. The van der Waals surface area contributed by atoms with Gasteiger partial charge >= 0.3 is 0 Å². The number of amides is 1. The zero-order valence-electron chi connectivity index (χ0n) is 12.6. The van der Waals surface area contributed by atoms with E-state index in [1.54, 1.807) is 25.2 Å². The van der Waals surface area contributed by atoms with Crippen LogP contribution in [0.15, 0.2) is 42.9 Å². The lowest BCUT2D eigenvalue weighted by atomic mass is 10.2. The standard InChI is InChI=1S/C13H10FN5O.C2H6/c1-18-10-5-3-7-16-11(10)12(17-18)19(14)13(20)9-4-2-6-15-8-9;1-2/h2-8H,1H3;1-2H3. The van der Waals surface area contributed by atoms with Crippen LogP contribution in [0.1, 0.15) is 24.2 Å². The van der Waals surface area contributed by atoms with Crippen LogP contribution in [-0.4, -0.2) is 25.7 Å². The third-order valence-electron chi connectivity index (χ3n) is 2.86. The Morgan fingerprint density at radius 3 is 2.64 bits per heavy atom. The molecule has 114 valence electrons. The molecular weight excluding hydrogens is 285 g/mol. The molecule has 0 fully saturated rings. The van der Waals surface area contributed by atoms with E-state index in [1.165, 1.54) is 29.3 Å². The van der Waals surface area contributed by atoms with Crippen LogP contribution in [0.5, 0.6) is 0 Å². The highest BCUT2D eigenvalue weighted by molar-refractivity contribution is 6.07. The molecule has 0 aliphatic rings. The van der Waals surface area contributed by atoms with Gasteiger partial charge in [0.2, 0.25) is 5.82 Å². The number of carbonyl (C=O) groups is 1. The van der Waals surface area contributed by atoms with Crippen LogP contribution in [0, 0.1) is 0 Å². The molecule has 0 aliphatic carbocycles. The average molecular weight is 301 g/mol. The Kier molecular flexibility index (Phi) is 4.77. The molecular formula is C15H16FN5O. The molecule has 3 aromatic rings. The molecule has 3 heterocycles. The number of aromatic nitrogens is 4. The third kappa shape index (κ3) is 2.78. The first-order valence-corrected chi connectivity index (χ1v) is 6.86. The fraction of sp³-hybridized carbons (Fsp3) is 0.200. The van der Waals surface area contributed by atoms with Crippen molar-refractivity contribution in [2.45, 2.75) is 13.8 Å². The number of halogens is 1. The first-order valence-electron chi connectivity index (χ1n) is 6.86. The highest BCUT2D eigenvalue weighted by Gasteiger charge is 2.24. The summed E-state index contributed by atoms with van der Waals surface area (Å²) in [6, 6.07) is 6.52. The Balaban J connectivity index is 0.000000847. The van der Waals surface area contributed by atoms with Gasteiger partial charge in [-0.3, -0.25) is 19.4 Å². The third-order valence-corrected chi connectivity index (χ3v) is 2.86. The molecule has 0 saturated carbocycles. The predicted molar refractivity (Wildman–Crippen MR) is 82.0 cm³/mol. The number of hydrogen-bond acceptors (Lipinski definition) is 4. The van der Waals surface area contributed by atoms with Crippen LogP contribution in [0.25, 0.3) is 11.0 Å². The Hall–Kier alpha value is -2.83. The number of hydrogen-bond donors (Lipinski definition) is 0. The quantitative estimate of drug-likeness (QED) is 0.683. The normalized spacial score (nSPS) is 10.0. The number of aryl methyl sites for hydroxylation is 1. The smallest absolute Gasteiger partial charge is 0.266 e. The van der Waals surface area contributed by atoms with E-state index in [4.69, 9.17) is 0 Å². The summed E-state index contributed by atoms with van der Waals surface area (Å²) in [7, 11) is 1.66. The molecule has 7 heteroatoms. The molecule has 3 aromatic heterocycles. The fourth-order valence-corrected chi connectivity index (χ4v) is 1.90. The lowest BCUT2D eigenvalue weighted by Crippen LogP contribution is -2.23. The Morgan fingerprint density at radius 2 is 1.95 bits per heavy atom. The van der Waals surface area contributed by atoms with Crippen molar-refractivity contribution in [3.05, 3.63) is 48.4 Å². The Morgan fingerprint density at radius 1 is 1.23 bits per heavy atom. The molecule has 0 aromatic carbocycles. The van der Waals surface area contributed by atoms with E-state index in [0.717, 1.165) is 0 Å². The molecule has 0 spiro atoms.